The maximum Gasteiger partial charge on any atom is 0.244 e. The van der Waals surface area contributed by atoms with Gasteiger partial charge in [-0.15, -0.1) is 0 Å². The normalized spacial score (nSPS) is 18.0. The van der Waals surface area contributed by atoms with E-state index in [1.165, 1.54) is 6.08 Å². The van der Waals surface area contributed by atoms with E-state index in [4.69, 9.17) is 14.2 Å². The number of anilines is 1. The molecule has 7 heteroatoms. The van der Waals surface area contributed by atoms with Crippen LogP contribution in [0.5, 0.6) is 17.2 Å². The smallest absolute Gasteiger partial charge is 0.244 e. The second-order valence-corrected chi connectivity index (χ2v) is 6.56. The Labute approximate surface area is 162 Å². The van der Waals surface area contributed by atoms with E-state index in [0.29, 0.717) is 23.8 Å². The quantitative estimate of drug-likeness (QED) is 0.806. The summed E-state index contributed by atoms with van der Waals surface area (Å²) in [5, 5.41) is 2.88. The Kier molecular flexibility index (Phi) is 4.89. The van der Waals surface area contributed by atoms with Gasteiger partial charge in [-0.3, -0.25) is 9.59 Å². The molecule has 1 atom stereocenters. The van der Waals surface area contributed by atoms with Gasteiger partial charge in [0, 0.05) is 30.8 Å². The third-order valence-electron chi connectivity index (χ3n) is 4.66. The fourth-order valence-electron chi connectivity index (χ4n) is 3.27. The fraction of sp³-hybridized carbons (Fsp3) is 0.238. The maximum atomic E-state index is 12.3. The molecule has 1 N–H and O–H groups in total. The monoisotopic (exact) mass is 380 g/mol. The van der Waals surface area contributed by atoms with Gasteiger partial charge in [-0.25, -0.2) is 0 Å². The number of fused-ring (bicyclic) bond motifs is 1. The predicted octanol–water partition coefficient (Wildman–Crippen LogP) is 2.36. The number of rotatable bonds is 5. The molecule has 0 radical (unpaired) electrons. The van der Waals surface area contributed by atoms with Crippen molar-refractivity contribution in [1.29, 1.82) is 0 Å². The van der Waals surface area contributed by atoms with Crippen LogP contribution in [-0.4, -0.2) is 38.3 Å². The Hall–Kier alpha value is -3.48. The zero-order chi connectivity index (χ0) is 19.5. The second kappa shape index (κ2) is 7.64. The van der Waals surface area contributed by atoms with Gasteiger partial charge in [-0.05, 0) is 35.9 Å². The number of nitrogens with zero attached hydrogens (tertiary/aromatic N) is 1. The summed E-state index contributed by atoms with van der Waals surface area (Å²) in [6.45, 7) is 0.637. The summed E-state index contributed by atoms with van der Waals surface area (Å²) < 4.78 is 15.8. The maximum absolute atomic E-state index is 12.3. The van der Waals surface area contributed by atoms with Crippen LogP contribution in [0.15, 0.2) is 48.5 Å². The zero-order valence-corrected chi connectivity index (χ0v) is 15.4. The lowest BCUT2D eigenvalue weighted by atomic mass is 10.2. The first kappa shape index (κ1) is 17.9. The minimum absolute atomic E-state index is 0.0293. The van der Waals surface area contributed by atoms with Gasteiger partial charge in [0.25, 0.3) is 0 Å². The molecule has 0 bridgehead atoms. The standard InChI is InChI=1S/C21H20N2O5/c1-26-17-4-2-3-16(11-17)23-12-15(10-21(23)25)22-20(24)8-6-14-5-7-18-19(9-14)28-13-27-18/h2-9,11,15H,10,12-13H2,1H3,(H,22,24)/b8-6-. The van der Waals surface area contributed by atoms with Gasteiger partial charge in [0.05, 0.1) is 13.2 Å². The minimum Gasteiger partial charge on any atom is -0.497 e. The number of hydrogen-bond donors (Lipinski definition) is 1. The summed E-state index contributed by atoms with van der Waals surface area (Å²) in [5.74, 6) is 1.77. The number of nitrogens with one attached hydrogen (secondary N) is 1. The van der Waals surface area contributed by atoms with E-state index in [2.05, 4.69) is 5.32 Å². The van der Waals surface area contributed by atoms with Crippen LogP contribution in [0.4, 0.5) is 5.69 Å². The van der Waals surface area contributed by atoms with Crippen molar-refractivity contribution in [2.24, 2.45) is 0 Å². The van der Waals surface area contributed by atoms with E-state index < -0.39 is 0 Å². The SMILES string of the molecule is COc1cccc(N2CC(NC(=O)/C=C\c3ccc4c(c3)OCO4)CC2=O)c1. The van der Waals surface area contributed by atoms with Crippen LogP contribution in [0, 0.1) is 0 Å². The average Bonchev–Trinajstić information content (AvgIpc) is 3.32. The molecule has 2 aliphatic rings. The fourth-order valence-corrected chi connectivity index (χ4v) is 3.27. The zero-order valence-electron chi connectivity index (χ0n) is 15.4. The molecule has 1 fully saturated rings. The van der Waals surface area contributed by atoms with Crippen molar-refractivity contribution in [2.45, 2.75) is 12.5 Å². The molecule has 2 heterocycles. The van der Waals surface area contributed by atoms with Crippen molar-refractivity contribution in [3.05, 3.63) is 54.1 Å². The summed E-state index contributed by atoms with van der Waals surface area (Å²) in [6, 6.07) is 12.5. The topological polar surface area (TPSA) is 77.1 Å². The Morgan fingerprint density at radius 1 is 1.21 bits per heavy atom. The summed E-state index contributed by atoms with van der Waals surface area (Å²) in [5.41, 5.74) is 1.59. The van der Waals surface area contributed by atoms with E-state index >= 15 is 0 Å². The van der Waals surface area contributed by atoms with Crippen molar-refractivity contribution < 1.29 is 23.8 Å². The van der Waals surface area contributed by atoms with Crippen LogP contribution < -0.4 is 24.4 Å². The van der Waals surface area contributed by atoms with Crippen molar-refractivity contribution in [2.75, 3.05) is 25.3 Å². The summed E-state index contributed by atoms with van der Waals surface area (Å²) in [4.78, 5) is 26.3. The van der Waals surface area contributed by atoms with Crippen LogP contribution in [0.1, 0.15) is 12.0 Å². The van der Waals surface area contributed by atoms with Crippen molar-refractivity contribution in [3.63, 3.8) is 0 Å². The van der Waals surface area contributed by atoms with Crippen LogP contribution in [0.2, 0.25) is 0 Å². The Morgan fingerprint density at radius 3 is 2.93 bits per heavy atom. The highest BCUT2D eigenvalue weighted by molar-refractivity contribution is 5.98. The Morgan fingerprint density at radius 2 is 2.07 bits per heavy atom. The summed E-state index contributed by atoms with van der Waals surface area (Å²) >= 11 is 0. The number of methoxy groups -OCH3 is 1. The van der Waals surface area contributed by atoms with E-state index in [1.807, 2.05) is 42.5 Å². The van der Waals surface area contributed by atoms with Gasteiger partial charge in [0.1, 0.15) is 5.75 Å². The Bertz CT molecular complexity index is 940. The first-order chi connectivity index (χ1) is 13.6. The molecular formula is C21H20N2O5. The van der Waals surface area contributed by atoms with E-state index in [9.17, 15) is 9.59 Å². The molecule has 2 aromatic carbocycles. The highest BCUT2D eigenvalue weighted by atomic mass is 16.7. The second-order valence-electron chi connectivity index (χ2n) is 6.56. The van der Waals surface area contributed by atoms with Gasteiger partial charge in [-0.1, -0.05) is 12.1 Å². The molecule has 4 rings (SSSR count). The van der Waals surface area contributed by atoms with Crippen LogP contribution >= 0.6 is 0 Å². The first-order valence-corrected chi connectivity index (χ1v) is 8.95. The third kappa shape index (κ3) is 3.78. The lowest BCUT2D eigenvalue weighted by Crippen LogP contribution is -2.36. The number of ether oxygens (including phenoxy) is 3. The highest BCUT2D eigenvalue weighted by Gasteiger charge is 2.31. The highest BCUT2D eigenvalue weighted by Crippen LogP contribution is 2.32. The molecule has 0 spiro atoms. The Balaban J connectivity index is 1.36. The van der Waals surface area contributed by atoms with Crippen LogP contribution in [0.3, 0.4) is 0 Å². The van der Waals surface area contributed by atoms with Gasteiger partial charge in [0.2, 0.25) is 18.6 Å². The molecule has 144 valence electrons. The molecular weight excluding hydrogens is 360 g/mol. The number of carbonyl (C=O) groups is 2. The summed E-state index contributed by atoms with van der Waals surface area (Å²) in [7, 11) is 1.58. The number of carbonyl (C=O) groups excluding carboxylic acids is 2. The molecule has 0 aromatic heterocycles. The van der Waals surface area contributed by atoms with Crippen molar-refractivity contribution in [1.82, 2.24) is 5.32 Å². The van der Waals surface area contributed by atoms with Gasteiger partial charge in [-0.2, -0.15) is 0 Å². The molecule has 7 nitrogen and oxygen atoms in total. The van der Waals surface area contributed by atoms with Crippen LogP contribution in [-0.2, 0) is 9.59 Å². The lowest BCUT2D eigenvalue weighted by molar-refractivity contribution is -0.117. The molecule has 2 amide bonds. The van der Waals surface area contributed by atoms with Crippen molar-refractivity contribution in [3.8, 4) is 17.2 Å². The van der Waals surface area contributed by atoms with Crippen molar-refractivity contribution >= 4 is 23.6 Å². The van der Waals surface area contributed by atoms with E-state index in [0.717, 1.165) is 11.3 Å². The average molecular weight is 380 g/mol. The third-order valence-corrected chi connectivity index (χ3v) is 4.66. The number of amides is 2. The largest absolute Gasteiger partial charge is 0.497 e. The minimum atomic E-state index is -0.247. The predicted molar refractivity (Wildman–Crippen MR) is 103 cm³/mol. The molecule has 1 unspecified atom stereocenters. The van der Waals surface area contributed by atoms with Gasteiger partial charge < -0.3 is 24.4 Å². The van der Waals surface area contributed by atoms with Crippen LogP contribution in [0.25, 0.3) is 6.08 Å². The molecule has 1 saturated heterocycles. The van der Waals surface area contributed by atoms with E-state index in [-0.39, 0.29) is 31.1 Å². The van der Waals surface area contributed by atoms with Gasteiger partial charge >= 0.3 is 0 Å². The molecule has 0 aliphatic carbocycles. The number of hydrogen-bond acceptors (Lipinski definition) is 5. The lowest BCUT2D eigenvalue weighted by Gasteiger charge is -2.17. The first-order valence-electron chi connectivity index (χ1n) is 8.95. The van der Waals surface area contributed by atoms with E-state index in [1.54, 1.807) is 18.1 Å². The molecule has 2 aromatic rings. The molecule has 28 heavy (non-hydrogen) atoms. The number of benzene rings is 2. The molecule has 0 saturated carbocycles. The summed E-state index contributed by atoms with van der Waals surface area (Å²) in [6.07, 6.45) is 3.42. The van der Waals surface area contributed by atoms with Gasteiger partial charge in [0.15, 0.2) is 11.5 Å². The molecule has 2 aliphatic heterocycles.